The second-order valence-corrected chi connectivity index (χ2v) is 4.84. The lowest BCUT2D eigenvalue weighted by Gasteiger charge is -2.11. The SMILES string of the molecule is FC(F)(F)c1cc(Br)cc(OCC2CC2)c1. The molecule has 1 nitrogen and oxygen atoms in total. The lowest BCUT2D eigenvalue weighted by molar-refractivity contribution is -0.137. The Labute approximate surface area is 99.7 Å². The van der Waals surface area contributed by atoms with E-state index in [2.05, 4.69) is 15.9 Å². The summed E-state index contributed by atoms with van der Waals surface area (Å²) in [6, 6.07) is 3.63. The van der Waals surface area contributed by atoms with E-state index in [1.165, 1.54) is 0 Å². The Morgan fingerprint density at radius 3 is 2.50 bits per heavy atom. The van der Waals surface area contributed by atoms with E-state index in [1.807, 2.05) is 0 Å². The molecule has 88 valence electrons. The Morgan fingerprint density at radius 1 is 1.25 bits per heavy atom. The summed E-state index contributed by atoms with van der Waals surface area (Å²) in [6.07, 6.45) is -2.11. The molecule has 0 aliphatic heterocycles. The first kappa shape index (κ1) is 11.8. The Morgan fingerprint density at radius 2 is 1.94 bits per heavy atom. The molecule has 0 aromatic heterocycles. The smallest absolute Gasteiger partial charge is 0.416 e. The molecule has 5 heteroatoms. The quantitative estimate of drug-likeness (QED) is 0.809. The lowest BCUT2D eigenvalue weighted by Crippen LogP contribution is -2.06. The highest BCUT2D eigenvalue weighted by atomic mass is 79.9. The number of hydrogen-bond acceptors (Lipinski definition) is 1. The summed E-state index contributed by atoms with van der Waals surface area (Å²) in [5.41, 5.74) is -0.687. The van der Waals surface area contributed by atoms with Crippen molar-refractivity contribution in [3.63, 3.8) is 0 Å². The molecule has 1 saturated carbocycles. The Hall–Kier alpha value is -0.710. The van der Waals surface area contributed by atoms with Crippen LogP contribution in [0.3, 0.4) is 0 Å². The van der Waals surface area contributed by atoms with Gasteiger partial charge in [-0.1, -0.05) is 15.9 Å². The Bertz CT molecular complexity index is 385. The third-order valence-electron chi connectivity index (χ3n) is 2.38. The van der Waals surface area contributed by atoms with Crippen molar-refractivity contribution < 1.29 is 17.9 Å². The van der Waals surface area contributed by atoms with Crippen LogP contribution in [0.4, 0.5) is 13.2 Å². The molecule has 0 saturated heterocycles. The van der Waals surface area contributed by atoms with Crippen LogP contribution in [0.5, 0.6) is 5.75 Å². The topological polar surface area (TPSA) is 9.23 Å². The van der Waals surface area contributed by atoms with Gasteiger partial charge in [-0.25, -0.2) is 0 Å². The summed E-state index contributed by atoms with van der Waals surface area (Å²) in [5.74, 6) is 0.793. The van der Waals surface area contributed by atoms with Gasteiger partial charge in [0.2, 0.25) is 0 Å². The fraction of sp³-hybridized carbons (Fsp3) is 0.455. The van der Waals surface area contributed by atoms with Gasteiger partial charge in [-0.05, 0) is 37.0 Å². The Balaban J connectivity index is 2.14. The molecule has 0 bridgehead atoms. The number of rotatable bonds is 3. The molecular weight excluding hydrogens is 285 g/mol. The maximum absolute atomic E-state index is 12.5. The minimum Gasteiger partial charge on any atom is -0.493 e. The summed E-state index contributed by atoms with van der Waals surface area (Å²) in [4.78, 5) is 0. The maximum Gasteiger partial charge on any atom is 0.416 e. The number of hydrogen-bond donors (Lipinski definition) is 0. The molecule has 1 aromatic carbocycles. The van der Waals surface area contributed by atoms with Crippen LogP contribution in [0.15, 0.2) is 22.7 Å². The monoisotopic (exact) mass is 294 g/mol. The van der Waals surface area contributed by atoms with Gasteiger partial charge in [0.15, 0.2) is 0 Å². The fourth-order valence-electron chi connectivity index (χ4n) is 1.31. The molecule has 0 radical (unpaired) electrons. The third-order valence-corrected chi connectivity index (χ3v) is 2.84. The van der Waals surface area contributed by atoms with Crippen molar-refractivity contribution in [2.24, 2.45) is 5.92 Å². The van der Waals surface area contributed by atoms with Crippen LogP contribution in [0.25, 0.3) is 0 Å². The fourth-order valence-corrected chi connectivity index (χ4v) is 1.78. The molecule has 0 amide bonds. The normalized spacial score (nSPS) is 16.2. The number of alkyl halides is 3. The number of ether oxygens (including phenoxy) is 1. The van der Waals surface area contributed by atoms with E-state index in [0.717, 1.165) is 25.0 Å². The van der Waals surface area contributed by atoms with Crippen molar-refractivity contribution in [2.45, 2.75) is 19.0 Å². The highest BCUT2D eigenvalue weighted by molar-refractivity contribution is 9.10. The minimum absolute atomic E-state index is 0.272. The van der Waals surface area contributed by atoms with Crippen LogP contribution < -0.4 is 4.74 Å². The first-order valence-corrected chi connectivity index (χ1v) is 5.75. The second kappa shape index (κ2) is 4.28. The Kier molecular flexibility index (Phi) is 3.15. The second-order valence-electron chi connectivity index (χ2n) is 3.93. The maximum atomic E-state index is 12.5. The first-order chi connectivity index (χ1) is 7.45. The van der Waals surface area contributed by atoms with Crippen LogP contribution in [0.2, 0.25) is 0 Å². The zero-order valence-electron chi connectivity index (χ0n) is 8.35. The molecule has 0 heterocycles. The molecule has 1 aromatic rings. The van der Waals surface area contributed by atoms with Gasteiger partial charge in [0.25, 0.3) is 0 Å². The van der Waals surface area contributed by atoms with E-state index >= 15 is 0 Å². The van der Waals surface area contributed by atoms with Gasteiger partial charge in [0.05, 0.1) is 12.2 Å². The summed E-state index contributed by atoms with van der Waals surface area (Å²) >= 11 is 3.05. The van der Waals surface area contributed by atoms with Crippen molar-refractivity contribution in [3.05, 3.63) is 28.2 Å². The zero-order valence-corrected chi connectivity index (χ0v) is 9.94. The standard InChI is InChI=1S/C11H10BrF3O/c12-9-3-8(11(13,14)15)4-10(5-9)16-6-7-1-2-7/h3-5,7H,1-2,6H2. The summed E-state index contributed by atoms with van der Waals surface area (Å²) in [6.45, 7) is 0.508. The molecule has 1 fully saturated rings. The van der Waals surface area contributed by atoms with Gasteiger partial charge in [0.1, 0.15) is 5.75 Å². The van der Waals surface area contributed by atoms with Gasteiger partial charge in [-0.3, -0.25) is 0 Å². The predicted octanol–water partition coefficient (Wildman–Crippen LogP) is 4.26. The van der Waals surface area contributed by atoms with Gasteiger partial charge < -0.3 is 4.74 Å². The van der Waals surface area contributed by atoms with Crippen molar-refractivity contribution in [1.29, 1.82) is 0 Å². The molecule has 1 aliphatic carbocycles. The first-order valence-electron chi connectivity index (χ1n) is 4.96. The van der Waals surface area contributed by atoms with Crippen molar-refractivity contribution in [3.8, 4) is 5.75 Å². The number of halogens is 4. The molecule has 1 aliphatic rings. The van der Waals surface area contributed by atoms with Crippen LogP contribution in [0.1, 0.15) is 18.4 Å². The number of benzene rings is 1. The molecule has 0 spiro atoms. The van der Waals surface area contributed by atoms with Crippen LogP contribution in [-0.2, 0) is 6.18 Å². The molecule has 0 N–H and O–H groups in total. The third kappa shape index (κ3) is 3.14. The minimum atomic E-state index is -4.33. The van der Waals surface area contributed by atoms with Crippen LogP contribution >= 0.6 is 15.9 Å². The van der Waals surface area contributed by atoms with E-state index in [-0.39, 0.29) is 5.75 Å². The summed E-state index contributed by atoms with van der Waals surface area (Å²) in [7, 11) is 0. The van der Waals surface area contributed by atoms with Gasteiger partial charge in [-0.2, -0.15) is 13.2 Å². The molecule has 16 heavy (non-hydrogen) atoms. The van der Waals surface area contributed by atoms with Gasteiger partial charge in [0, 0.05) is 4.47 Å². The summed E-state index contributed by atoms with van der Waals surface area (Å²) in [5, 5.41) is 0. The average molecular weight is 295 g/mol. The van der Waals surface area contributed by atoms with E-state index in [9.17, 15) is 13.2 Å². The predicted molar refractivity (Wildman–Crippen MR) is 57.4 cm³/mol. The van der Waals surface area contributed by atoms with E-state index in [1.54, 1.807) is 6.07 Å². The summed E-state index contributed by atoms with van der Waals surface area (Å²) < 4.78 is 43.1. The van der Waals surface area contributed by atoms with E-state index in [0.29, 0.717) is 17.0 Å². The highest BCUT2D eigenvalue weighted by Crippen LogP contribution is 2.35. The lowest BCUT2D eigenvalue weighted by atomic mass is 10.2. The van der Waals surface area contributed by atoms with E-state index < -0.39 is 11.7 Å². The zero-order chi connectivity index (χ0) is 11.8. The largest absolute Gasteiger partial charge is 0.493 e. The molecule has 2 rings (SSSR count). The molecular formula is C11H10BrF3O. The average Bonchev–Trinajstić information content (AvgIpc) is 2.96. The molecule has 0 atom stereocenters. The van der Waals surface area contributed by atoms with Gasteiger partial charge >= 0.3 is 6.18 Å². The van der Waals surface area contributed by atoms with Crippen LogP contribution in [-0.4, -0.2) is 6.61 Å². The highest BCUT2D eigenvalue weighted by Gasteiger charge is 2.31. The van der Waals surface area contributed by atoms with Crippen molar-refractivity contribution >= 4 is 15.9 Å². The molecule has 0 unspecified atom stereocenters. The van der Waals surface area contributed by atoms with Crippen LogP contribution in [0, 0.1) is 5.92 Å². The van der Waals surface area contributed by atoms with Crippen molar-refractivity contribution in [1.82, 2.24) is 0 Å². The van der Waals surface area contributed by atoms with Gasteiger partial charge in [-0.15, -0.1) is 0 Å². The van der Waals surface area contributed by atoms with E-state index in [4.69, 9.17) is 4.74 Å². The van der Waals surface area contributed by atoms with Crippen molar-refractivity contribution in [2.75, 3.05) is 6.61 Å².